The number of carboxylic acid groups (broad SMARTS) is 1. The lowest BCUT2D eigenvalue weighted by Gasteiger charge is -2.00. The van der Waals surface area contributed by atoms with E-state index in [0.717, 1.165) is 0 Å². The molecule has 0 aliphatic rings. The fourth-order valence-electron chi connectivity index (χ4n) is 1.28. The molecule has 0 radical (unpaired) electrons. The highest BCUT2D eigenvalue weighted by Gasteiger charge is 2.13. The van der Waals surface area contributed by atoms with Crippen molar-refractivity contribution in [1.82, 2.24) is 0 Å². The zero-order chi connectivity index (χ0) is 11.7. The van der Waals surface area contributed by atoms with Gasteiger partial charge in [-0.25, -0.2) is 9.18 Å². The summed E-state index contributed by atoms with van der Waals surface area (Å²) in [5.74, 6) is -1.64. The quantitative estimate of drug-likeness (QED) is 0.875. The van der Waals surface area contributed by atoms with Gasteiger partial charge in [0.25, 0.3) is 0 Å². The minimum absolute atomic E-state index is 0.213. The molecule has 5 heteroatoms. The van der Waals surface area contributed by atoms with E-state index in [1.807, 2.05) is 0 Å². The fraction of sp³-hybridized carbons (Fsp3) is 0. The first kappa shape index (κ1) is 10.7. The van der Waals surface area contributed by atoms with Gasteiger partial charge in [-0.05, 0) is 30.3 Å². The minimum atomic E-state index is -1.18. The SMILES string of the molecule is O=C(O)c1ccc(-c2cc(F)ccc2Cl)o1. The number of halogens is 2. The van der Waals surface area contributed by atoms with E-state index < -0.39 is 11.8 Å². The van der Waals surface area contributed by atoms with Gasteiger partial charge in [0.05, 0.1) is 5.02 Å². The minimum Gasteiger partial charge on any atom is -0.475 e. The summed E-state index contributed by atoms with van der Waals surface area (Å²) in [6, 6.07) is 6.51. The summed E-state index contributed by atoms with van der Waals surface area (Å²) in [4.78, 5) is 10.6. The lowest BCUT2D eigenvalue weighted by Crippen LogP contribution is -1.91. The first-order chi connectivity index (χ1) is 7.58. The molecule has 3 nitrogen and oxygen atoms in total. The van der Waals surface area contributed by atoms with Crippen LogP contribution in [0.5, 0.6) is 0 Å². The predicted molar refractivity (Wildman–Crippen MR) is 56.1 cm³/mol. The molecule has 0 aliphatic heterocycles. The number of aromatic carboxylic acids is 1. The Morgan fingerprint density at radius 3 is 2.69 bits per heavy atom. The molecule has 0 fully saturated rings. The Kier molecular flexibility index (Phi) is 2.66. The second-order valence-corrected chi connectivity index (χ2v) is 3.50. The Hall–Kier alpha value is -1.81. The van der Waals surface area contributed by atoms with Gasteiger partial charge in [-0.15, -0.1) is 0 Å². The molecule has 82 valence electrons. The van der Waals surface area contributed by atoms with Gasteiger partial charge < -0.3 is 9.52 Å². The molecular weight excluding hydrogens is 235 g/mol. The number of hydrogen-bond donors (Lipinski definition) is 1. The van der Waals surface area contributed by atoms with Crippen molar-refractivity contribution >= 4 is 17.6 Å². The van der Waals surface area contributed by atoms with Crippen LogP contribution in [0.15, 0.2) is 34.7 Å². The Balaban J connectivity index is 2.50. The topological polar surface area (TPSA) is 50.4 Å². The van der Waals surface area contributed by atoms with Crippen LogP contribution in [0, 0.1) is 5.82 Å². The number of hydrogen-bond acceptors (Lipinski definition) is 2. The molecule has 0 unspecified atom stereocenters. The lowest BCUT2D eigenvalue weighted by atomic mass is 10.2. The third-order valence-electron chi connectivity index (χ3n) is 2.01. The van der Waals surface area contributed by atoms with E-state index in [2.05, 4.69) is 0 Å². The summed E-state index contributed by atoms with van der Waals surface area (Å²) in [7, 11) is 0. The zero-order valence-electron chi connectivity index (χ0n) is 7.91. The van der Waals surface area contributed by atoms with Gasteiger partial charge in [0.1, 0.15) is 11.6 Å². The van der Waals surface area contributed by atoms with Crippen molar-refractivity contribution in [2.45, 2.75) is 0 Å². The van der Waals surface area contributed by atoms with Crippen molar-refractivity contribution in [2.75, 3.05) is 0 Å². The molecule has 16 heavy (non-hydrogen) atoms. The molecule has 0 spiro atoms. The number of furan rings is 1. The van der Waals surface area contributed by atoms with Crippen molar-refractivity contribution in [2.24, 2.45) is 0 Å². The Morgan fingerprint density at radius 1 is 1.31 bits per heavy atom. The van der Waals surface area contributed by atoms with E-state index in [9.17, 15) is 9.18 Å². The first-order valence-corrected chi connectivity index (χ1v) is 4.74. The molecule has 1 heterocycles. The van der Waals surface area contributed by atoms with Crippen LogP contribution >= 0.6 is 11.6 Å². The molecule has 1 aromatic heterocycles. The summed E-state index contributed by atoms with van der Waals surface area (Å²) in [5.41, 5.74) is 0.328. The van der Waals surface area contributed by atoms with Gasteiger partial charge in [-0.3, -0.25) is 0 Å². The monoisotopic (exact) mass is 240 g/mol. The molecule has 0 saturated heterocycles. The van der Waals surface area contributed by atoms with E-state index in [0.29, 0.717) is 10.6 Å². The highest BCUT2D eigenvalue weighted by Crippen LogP contribution is 2.29. The van der Waals surface area contributed by atoms with Gasteiger partial charge in [0.15, 0.2) is 0 Å². The largest absolute Gasteiger partial charge is 0.475 e. The van der Waals surface area contributed by atoms with Gasteiger partial charge in [0.2, 0.25) is 5.76 Å². The van der Waals surface area contributed by atoms with Crippen molar-refractivity contribution in [1.29, 1.82) is 0 Å². The van der Waals surface area contributed by atoms with E-state index in [-0.39, 0.29) is 11.5 Å². The second-order valence-electron chi connectivity index (χ2n) is 3.09. The summed E-state index contributed by atoms with van der Waals surface area (Å²) in [6.45, 7) is 0. The Labute approximate surface area is 95.1 Å². The maximum absolute atomic E-state index is 13.0. The maximum Gasteiger partial charge on any atom is 0.371 e. The summed E-state index contributed by atoms with van der Waals surface area (Å²) in [6.07, 6.45) is 0. The number of benzene rings is 1. The van der Waals surface area contributed by atoms with E-state index in [1.165, 1.54) is 30.3 Å². The van der Waals surface area contributed by atoms with Crippen LogP contribution < -0.4 is 0 Å². The first-order valence-electron chi connectivity index (χ1n) is 4.36. The van der Waals surface area contributed by atoms with Gasteiger partial charge in [-0.2, -0.15) is 0 Å². The Morgan fingerprint density at radius 2 is 2.06 bits per heavy atom. The van der Waals surface area contributed by atoms with E-state index >= 15 is 0 Å². The van der Waals surface area contributed by atoms with Crippen molar-refractivity contribution < 1.29 is 18.7 Å². The molecule has 1 N–H and O–H groups in total. The Bertz CT molecular complexity index is 548. The van der Waals surface area contributed by atoms with Crippen molar-refractivity contribution in [3.8, 4) is 11.3 Å². The van der Waals surface area contributed by atoms with Gasteiger partial charge >= 0.3 is 5.97 Å². The highest BCUT2D eigenvalue weighted by molar-refractivity contribution is 6.33. The number of rotatable bonds is 2. The fourth-order valence-corrected chi connectivity index (χ4v) is 1.49. The smallest absolute Gasteiger partial charge is 0.371 e. The van der Waals surface area contributed by atoms with Crippen LogP contribution in [0.2, 0.25) is 5.02 Å². The molecular formula is C11H6ClFO3. The average Bonchev–Trinajstić information content (AvgIpc) is 2.70. The third kappa shape index (κ3) is 1.92. The molecule has 0 bridgehead atoms. The van der Waals surface area contributed by atoms with Crippen LogP contribution in [0.3, 0.4) is 0 Å². The third-order valence-corrected chi connectivity index (χ3v) is 2.34. The molecule has 1 aromatic carbocycles. The highest BCUT2D eigenvalue weighted by atomic mass is 35.5. The lowest BCUT2D eigenvalue weighted by molar-refractivity contribution is 0.0663. The second kappa shape index (κ2) is 3.98. The zero-order valence-corrected chi connectivity index (χ0v) is 8.66. The van der Waals surface area contributed by atoms with Crippen LogP contribution in [-0.4, -0.2) is 11.1 Å². The maximum atomic E-state index is 13.0. The molecule has 0 aliphatic carbocycles. The average molecular weight is 241 g/mol. The molecule has 0 saturated carbocycles. The molecule has 0 atom stereocenters. The summed E-state index contributed by atoms with van der Waals surface area (Å²) in [5, 5.41) is 8.97. The van der Waals surface area contributed by atoms with Crippen LogP contribution in [0.1, 0.15) is 10.6 Å². The predicted octanol–water partition coefficient (Wildman–Crippen LogP) is 3.44. The van der Waals surface area contributed by atoms with Gasteiger partial charge in [-0.1, -0.05) is 11.6 Å². The van der Waals surface area contributed by atoms with E-state index in [1.54, 1.807) is 0 Å². The summed E-state index contributed by atoms with van der Waals surface area (Å²) < 4.78 is 18.0. The van der Waals surface area contributed by atoms with Crippen molar-refractivity contribution in [3.63, 3.8) is 0 Å². The van der Waals surface area contributed by atoms with Crippen LogP contribution in [-0.2, 0) is 0 Å². The number of carboxylic acids is 1. The standard InChI is InChI=1S/C11H6ClFO3/c12-8-2-1-6(13)5-7(8)9-3-4-10(16-9)11(14)15/h1-5H,(H,14,15). The van der Waals surface area contributed by atoms with Crippen molar-refractivity contribution in [3.05, 3.63) is 46.9 Å². The summed E-state index contributed by atoms with van der Waals surface area (Å²) >= 11 is 5.85. The molecule has 2 aromatic rings. The number of carbonyl (C=O) groups is 1. The normalized spacial score (nSPS) is 10.4. The van der Waals surface area contributed by atoms with Crippen LogP contribution in [0.25, 0.3) is 11.3 Å². The molecule has 2 rings (SSSR count). The van der Waals surface area contributed by atoms with Gasteiger partial charge in [0, 0.05) is 5.56 Å². The van der Waals surface area contributed by atoms with E-state index in [4.69, 9.17) is 21.1 Å². The molecule has 0 amide bonds. The van der Waals surface area contributed by atoms with Crippen LogP contribution in [0.4, 0.5) is 4.39 Å².